The summed E-state index contributed by atoms with van der Waals surface area (Å²) in [5.41, 5.74) is 2.37. The molecule has 4 nitrogen and oxygen atoms in total. The van der Waals surface area contributed by atoms with E-state index in [4.69, 9.17) is 0 Å². The maximum absolute atomic E-state index is 4.34. The van der Waals surface area contributed by atoms with Crippen LogP contribution >= 0.6 is 0 Å². The van der Waals surface area contributed by atoms with Gasteiger partial charge in [-0.15, -0.1) is 0 Å². The minimum atomic E-state index is 0.928. The minimum Gasteiger partial charge on any atom is -0.311 e. The van der Waals surface area contributed by atoms with Gasteiger partial charge in [-0.05, 0) is 58.4 Å². The highest BCUT2D eigenvalue weighted by atomic mass is 15.3. The molecule has 1 aliphatic rings. The summed E-state index contributed by atoms with van der Waals surface area (Å²) in [5.74, 6) is 0. The molecule has 0 bridgehead atoms. The van der Waals surface area contributed by atoms with Crippen molar-refractivity contribution in [2.24, 2.45) is 7.05 Å². The molecule has 0 amide bonds. The van der Waals surface area contributed by atoms with Crippen LogP contribution in [0.2, 0.25) is 0 Å². The fraction of sp³-hybridized carbons (Fsp3) is 0.769. The van der Waals surface area contributed by atoms with Gasteiger partial charge in [0, 0.05) is 13.6 Å². The van der Waals surface area contributed by atoms with Gasteiger partial charge in [-0.25, -0.2) is 0 Å². The Labute approximate surface area is 104 Å². The highest BCUT2D eigenvalue weighted by molar-refractivity contribution is 5.08. The molecule has 0 spiro atoms. The second-order valence-electron chi connectivity index (χ2n) is 4.98. The minimum absolute atomic E-state index is 0.928. The van der Waals surface area contributed by atoms with Crippen LogP contribution in [-0.2, 0) is 13.6 Å². The molecule has 2 rings (SSSR count). The zero-order chi connectivity index (χ0) is 12.1. The van der Waals surface area contributed by atoms with E-state index in [0.29, 0.717) is 0 Å². The van der Waals surface area contributed by atoms with Crippen LogP contribution in [-0.4, -0.2) is 40.9 Å². The molecule has 0 atom stereocenters. The molecule has 96 valence electrons. The summed E-state index contributed by atoms with van der Waals surface area (Å²) in [6.45, 7) is 7.92. The summed E-state index contributed by atoms with van der Waals surface area (Å²) in [4.78, 5) is 2.57. The maximum Gasteiger partial charge on any atom is 0.0597 e. The summed E-state index contributed by atoms with van der Waals surface area (Å²) in [6, 6.07) is 2.15. The van der Waals surface area contributed by atoms with Crippen molar-refractivity contribution in [3.8, 4) is 0 Å². The lowest BCUT2D eigenvalue weighted by Gasteiger charge is -2.14. The first-order valence-corrected chi connectivity index (χ1v) is 6.68. The molecular weight excluding hydrogens is 212 g/mol. The molecule has 0 radical (unpaired) electrons. The summed E-state index contributed by atoms with van der Waals surface area (Å²) >= 11 is 0. The Balaban J connectivity index is 1.58. The Hall–Kier alpha value is -0.870. The number of nitrogens with zero attached hydrogens (tertiary/aromatic N) is 3. The lowest BCUT2D eigenvalue weighted by Crippen LogP contribution is -2.25. The number of aryl methyl sites for hydroxylation is 2. The molecule has 1 aliphatic heterocycles. The molecule has 1 N–H and O–H groups in total. The van der Waals surface area contributed by atoms with Gasteiger partial charge in [0.2, 0.25) is 0 Å². The van der Waals surface area contributed by atoms with E-state index >= 15 is 0 Å². The molecule has 1 saturated heterocycles. The van der Waals surface area contributed by atoms with E-state index in [2.05, 4.69) is 21.4 Å². The zero-order valence-electron chi connectivity index (χ0n) is 11.1. The first kappa shape index (κ1) is 12.6. The normalized spacial score (nSPS) is 16.8. The molecule has 1 aromatic heterocycles. The van der Waals surface area contributed by atoms with Gasteiger partial charge in [-0.3, -0.25) is 4.68 Å². The third-order valence-corrected chi connectivity index (χ3v) is 3.43. The van der Waals surface area contributed by atoms with Gasteiger partial charge in [0.1, 0.15) is 0 Å². The van der Waals surface area contributed by atoms with Crippen molar-refractivity contribution in [1.29, 1.82) is 0 Å². The summed E-state index contributed by atoms with van der Waals surface area (Å²) in [5, 5.41) is 7.83. The fourth-order valence-corrected chi connectivity index (χ4v) is 2.48. The maximum atomic E-state index is 4.34. The van der Waals surface area contributed by atoms with Crippen molar-refractivity contribution in [2.75, 3.05) is 26.2 Å². The van der Waals surface area contributed by atoms with Gasteiger partial charge in [-0.1, -0.05) is 0 Å². The van der Waals surface area contributed by atoms with Crippen molar-refractivity contribution in [2.45, 2.75) is 32.7 Å². The smallest absolute Gasteiger partial charge is 0.0597 e. The Bertz CT molecular complexity index is 339. The van der Waals surface area contributed by atoms with E-state index in [0.717, 1.165) is 18.8 Å². The Morgan fingerprint density at radius 1 is 1.35 bits per heavy atom. The largest absolute Gasteiger partial charge is 0.311 e. The summed E-state index contributed by atoms with van der Waals surface area (Å²) in [7, 11) is 2.01. The van der Waals surface area contributed by atoms with Gasteiger partial charge < -0.3 is 10.2 Å². The average molecular weight is 236 g/mol. The monoisotopic (exact) mass is 236 g/mol. The topological polar surface area (TPSA) is 33.1 Å². The highest BCUT2D eigenvalue weighted by Gasteiger charge is 2.10. The zero-order valence-corrected chi connectivity index (χ0v) is 11.1. The van der Waals surface area contributed by atoms with Crippen LogP contribution in [0, 0.1) is 6.92 Å². The molecule has 4 heteroatoms. The van der Waals surface area contributed by atoms with E-state index in [1.807, 2.05) is 18.7 Å². The van der Waals surface area contributed by atoms with Gasteiger partial charge in [0.05, 0.1) is 11.4 Å². The molecule has 1 fully saturated rings. The number of rotatable bonds is 6. The van der Waals surface area contributed by atoms with Crippen molar-refractivity contribution in [3.05, 3.63) is 17.5 Å². The SMILES string of the molecule is Cc1cc(CNCCCN2CCCC2)n(C)n1. The van der Waals surface area contributed by atoms with Gasteiger partial charge in [-0.2, -0.15) is 5.10 Å². The molecule has 17 heavy (non-hydrogen) atoms. The van der Waals surface area contributed by atoms with Crippen LogP contribution in [0.1, 0.15) is 30.7 Å². The number of hydrogen-bond acceptors (Lipinski definition) is 3. The third kappa shape index (κ3) is 3.82. The number of hydrogen-bond donors (Lipinski definition) is 1. The van der Waals surface area contributed by atoms with E-state index in [-0.39, 0.29) is 0 Å². The second kappa shape index (κ2) is 6.17. The van der Waals surface area contributed by atoms with Crippen LogP contribution in [0.3, 0.4) is 0 Å². The molecule has 0 unspecified atom stereocenters. The van der Waals surface area contributed by atoms with Crippen LogP contribution in [0.5, 0.6) is 0 Å². The van der Waals surface area contributed by atoms with E-state index in [1.165, 1.54) is 44.6 Å². The molecule has 0 saturated carbocycles. The molecule has 2 heterocycles. The first-order chi connectivity index (χ1) is 8.25. The number of nitrogens with one attached hydrogen (secondary N) is 1. The van der Waals surface area contributed by atoms with Crippen molar-refractivity contribution < 1.29 is 0 Å². The molecular formula is C13H24N4. The van der Waals surface area contributed by atoms with Crippen LogP contribution in [0.25, 0.3) is 0 Å². The lowest BCUT2D eigenvalue weighted by atomic mass is 10.3. The molecule has 0 aromatic carbocycles. The number of likely N-dealkylation sites (tertiary alicyclic amines) is 1. The van der Waals surface area contributed by atoms with Gasteiger partial charge >= 0.3 is 0 Å². The van der Waals surface area contributed by atoms with E-state index in [9.17, 15) is 0 Å². The highest BCUT2D eigenvalue weighted by Crippen LogP contribution is 2.07. The summed E-state index contributed by atoms with van der Waals surface area (Å²) in [6.07, 6.45) is 4.03. The average Bonchev–Trinajstić information content (AvgIpc) is 2.89. The molecule has 1 aromatic rings. The van der Waals surface area contributed by atoms with Crippen molar-refractivity contribution >= 4 is 0 Å². The predicted octanol–water partition coefficient (Wildman–Crippen LogP) is 1.30. The third-order valence-electron chi connectivity index (χ3n) is 3.43. The standard InChI is InChI=1S/C13H24N4/c1-12-10-13(16(2)15-12)11-14-6-5-9-17-7-3-4-8-17/h10,14H,3-9,11H2,1-2H3. The van der Waals surface area contributed by atoms with E-state index in [1.54, 1.807) is 0 Å². The van der Waals surface area contributed by atoms with Crippen LogP contribution in [0.4, 0.5) is 0 Å². The number of aromatic nitrogens is 2. The van der Waals surface area contributed by atoms with Crippen molar-refractivity contribution in [1.82, 2.24) is 20.0 Å². The first-order valence-electron chi connectivity index (χ1n) is 6.68. The Morgan fingerprint density at radius 2 is 2.12 bits per heavy atom. The second-order valence-corrected chi connectivity index (χ2v) is 4.98. The Kier molecular flexibility index (Phi) is 4.57. The van der Waals surface area contributed by atoms with Crippen molar-refractivity contribution in [3.63, 3.8) is 0 Å². The van der Waals surface area contributed by atoms with Crippen LogP contribution < -0.4 is 5.32 Å². The van der Waals surface area contributed by atoms with E-state index < -0.39 is 0 Å². The predicted molar refractivity (Wildman–Crippen MR) is 69.9 cm³/mol. The Morgan fingerprint density at radius 3 is 2.76 bits per heavy atom. The van der Waals surface area contributed by atoms with Crippen LogP contribution in [0.15, 0.2) is 6.07 Å². The fourth-order valence-electron chi connectivity index (χ4n) is 2.48. The lowest BCUT2D eigenvalue weighted by molar-refractivity contribution is 0.330. The molecule has 0 aliphatic carbocycles. The van der Waals surface area contributed by atoms with Gasteiger partial charge in [0.15, 0.2) is 0 Å². The quantitative estimate of drug-likeness (QED) is 0.756. The van der Waals surface area contributed by atoms with Gasteiger partial charge in [0.25, 0.3) is 0 Å². The summed E-state index contributed by atoms with van der Waals surface area (Å²) < 4.78 is 1.96.